The molecule has 530 valence electrons. The number of urea groups is 1. The van der Waals surface area contributed by atoms with Gasteiger partial charge in [0.15, 0.2) is 29.1 Å². The minimum absolute atomic E-state index is 0.0154. The lowest BCUT2D eigenvalue weighted by atomic mass is 9.87. The number of aromatic nitrogens is 6. The van der Waals surface area contributed by atoms with E-state index in [1.807, 2.05) is 48.5 Å². The third-order valence-corrected chi connectivity index (χ3v) is 18.1. The Bertz CT molecular complexity index is 4210. The van der Waals surface area contributed by atoms with Crippen molar-refractivity contribution < 1.29 is 57.8 Å². The largest absolute Gasteiger partial charge is 0.396 e. The normalized spacial score (nSPS) is 14.9. The number of aliphatic hydroxyl groups excluding tert-OH is 1. The van der Waals surface area contributed by atoms with E-state index in [1.165, 1.54) is 23.8 Å². The minimum Gasteiger partial charge on any atom is -0.396 e. The van der Waals surface area contributed by atoms with Crippen molar-refractivity contribution in [1.82, 2.24) is 72.2 Å². The number of fused-ring (bicyclic) bond motifs is 2. The molecule has 0 saturated carbocycles. The van der Waals surface area contributed by atoms with Crippen LogP contribution in [0.3, 0.4) is 0 Å². The van der Waals surface area contributed by atoms with Gasteiger partial charge in [-0.05, 0) is 68.0 Å². The number of nitrogens with two attached hydrogens (primary N) is 2. The van der Waals surface area contributed by atoms with Crippen molar-refractivity contribution in [2.24, 2.45) is 35.1 Å². The number of benzene rings is 4. The highest BCUT2D eigenvalue weighted by molar-refractivity contribution is 6.09. The molecule has 0 spiro atoms. The van der Waals surface area contributed by atoms with Crippen molar-refractivity contribution in [3.05, 3.63) is 180 Å². The summed E-state index contributed by atoms with van der Waals surface area (Å²) in [6.45, 7) is -0.686. The van der Waals surface area contributed by atoms with E-state index < -0.39 is 127 Å². The molecule has 17 N–H and O–H groups in total. The first-order valence-electron chi connectivity index (χ1n) is 33.5. The van der Waals surface area contributed by atoms with Gasteiger partial charge in [-0.25, -0.2) is 20.2 Å². The van der Waals surface area contributed by atoms with Crippen LogP contribution < -0.4 is 48.9 Å². The summed E-state index contributed by atoms with van der Waals surface area (Å²) in [5.74, 6) is -11.2. The molecule has 101 heavy (non-hydrogen) atoms. The van der Waals surface area contributed by atoms with Gasteiger partial charge in [-0.15, -0.1) is 0 Å². The molecule has 0 radical (unpaired) electrons. The quantitative estimate of drug-likeness (QED) is 0.00870. The molecule has 29 heteroatoms. The number of aliphatic hydroxyl groups is 1. The summed E-state index contributed by atoms with van der Waals surface area (Å²) in [6.07, 6.45) is 7.76. The lowest BCUT2D eigenvalue weighted by molar-refractivity contribution is -0.143. The van der Waals surface area contributed by atoms with E-state index in [9.17, 15) is 38.7 Å². The minimum atomic E-state index is -1.49. The average molecular weight is 1380 g/mol. The lowest BCUT2D eigenvalue weighted by Crippen LogP contribution is -2.54. The molecule has 8 atom stereocenters. The number of primary amides is 1. The highest BCUT2D eigenvalue weighted by atomic mass is 16.3. The number of carbonyl (C=O) groups is 11. The number of para-hydroxylation sites is 2. The number of guanidine groups is 1. The van der Waals surface area contributed by atoms with Crippen LogP contribution in [-0.4, -0.2) is 168 Å². The number of nitrogens with zero attached hydrogens (tertiary/aromatic N) is 3. The number of H-pyrrole nitrogens is 4. The molecule has 1 fully saturated rings. The van der Waals surface area contributed by atoms with Crippen molar-refractivity contribution in [2.75, 3.05) is 33.3 Å². The van der Waals surface area contributed by atoms with Gasteiger partial charge in [-0.2, -0.15) is 0 Å². The van der Waals surface area contributed by atoms with Crippen molar-refractivity contribution in [3.63, 3.8) is 0 Å². The topological polar surface area (TPSA) is 460 Å². The van der Waals surface area contributed by atoms with Crippen LogP contribution in [0.15, 0.2) is 141 Å². The summed E-state index contributed by atoms with van der Waals surface area (Å²) >= 11 is 0. The first-order valence-corrected chi connectivity index (χ1v) is 33.5. The number of ketones is 5. The number of amides is 7. The Labute approximate surface area is 581 Å². The van der Waals surface area contributed by atoms with Crippen LogP contribution in [0.1, 0.15) is 95.4 Å². The van der Waals surface area contributed by atoms with E-state index in [0.717, 1.165) is 21.8 Å². The van der Waals surface area contributed by atoms with Gasteiger partial charge in [0.1, 0.15) is 11.8 Å². The molecule has 5 heterocycles. The molecule has 0 bridgehead atoms. The van der Waals surface area contributed by atoms with Crippen LogP contribution >= 0.6 is 0 Å². The molecular weight excluding hydrogens is 1290 g/mol. The highest BCUT2D eigenvalue weighted by Crippen LogP contribution is 2.28. The summed E-state index contributed by atoms with van der Waals surface area (Å²) in [6, 6.07) is 23.7. The molecule has 7 amide bonds. The smallest absolute Gasteiger partial charge is 0.330 e. The third kappa shape index (κ3) is 20.6. The Morgan fingerprint density at radius 3 is 1.77 bits per heavy atom. The molecule has 9 rings (SSSR count). The standard InChI is InChI=1S/C72H85N17O12/c1-76-38-53(91)27-46(26-51-36-77-40-82-51)67(97)85-59(29-49-35-81-57-17-8-6-15-55(49)57)64(94)32-50(39-90)68(98)86-60(33-52-37-78-41-83-52)62(92)30-45(13-9-23-79-71(73)74)66(96)84-58(28-48-34-80-56-16-7-5-14-54(48)56)63(93)31-47(70(100)89-24-10-18-61(89)69(99)87-88-72(75)101)25-42-19-21-44(22-20-42)65(95)43-11-3-2-4-12-43/h2-8,11-12,14-17,19-22,34-37,40-41,45-47,50,58-61,76,80-81,90H,9-10,13,18,23-33,38-39H2,1H3,(H,77,82)(H,78,83)(H,84,96)(H,85,97)(H,86,98)(H,87,99)(H4,73,74,79)(H3,75,88,101)/t45-,46+,47+,50-,58-,59-,60-,61-/m0/s1. The van der Waals surface area contributed by atoms with E-state index in [1.54, 1.807) is 80.2 Å². The zero-order chi connectivity index (χ0) is 72.0. The lowest BCUT2D eigenvalue weighted by Gasteiger charge is -2.29. The fraction of sp³-hybridized carbons (Fsp3) is 0.361. The zero-order valence-corrected chi connectivity index (χ0v) is 55.9. The van der Waals surface area contributed by atoms with Gasteiger partial charge in [0, 0.05) is 140 Å². The Kier molecular flexibility index (Phi) is 26.2. The second-order valence-electron chi connectivity index (χ2n) is 25.4. The van der Waals surface area contributed by atoms with E-state index in [4.69, 9.17) is 16.9 Å². The molecule has 0 aliphatic carbocycles. The first-order chi connectivity index (χ1) is 48.7. The van der Waals surface area contributed by atoms with Crippen molar-refractivity contribution in [3.8, 4) is 0 Å². The number of nitrogens with one attached hydrogen (secondary N) is 12. The first kappa shape index (κ1) is 73.8. The number of hydrogen-bond acceptors (Lipinski definition) is 16. The molecular formula is C72H85N17O12. The molecule has 0 unspecified atom stereocenters. The van der Waals surface area contributed by atoms with Gasteiger partial charge in [-0.3, -0.25) is 58.8 Å². The Morgan fingerprint density at radius 1 is 0.624 bits per heavy atom. The van der Waals surface area contributed by atoms with Crippen LogP contribution in [0.25, 0.3) is 21.8 Å². The number of hydrazine groups is 1. The van der Waals surface area contributed by atoms with Gasteiger partial charge in [0.25, 0.3) is 5.91 Å². The number of rotatable bonds is 38. The van der Waals surface area contributed by atoms with Crippen LogP contribution in [0.2, 0.25) is 0 Å². The molecule has 1 saturated heterocycles. The van der Waals surface area contributed by atoms with E-state index in [0.29, 0.717) is 45.6 Å². The molecule has 1 aliphatic rings. The molecule has 1 aliphatic heterocycles. The van der Waals surface area contributed by atoms with Crippen LogP contribution in [0, 0.1) is 29.1 Å². The van der Waals surface area contributed by atoms with Gasteiger partial charge in [-0.1, -0.05) is 91.0 Å². The summed E-state index contributed by atoms with van der Waals surface area (Å²) in [7, 11) is 1.60. The van der Waals surface area contributed by atoms with Gasteiger partial charge < -0.3 is 68.0 Å². The second kappa shape index (κ2) is 35.9. The number of imidazole rings is 2. The molecule has 29 nitrogen and oxygen atoms in total. The summed E-state index contributed by atoms with van der Waals surface area (Å²) in [5.41, 5.74) is 20.2. The second-order valence-corrected chi connectivity index (χ2v) is 25.4. The molecule has 4 aromatic heterocycles. The van der Waals surface area contributed by atoms with Gasteiger partial charge >= 0.3 is 6.03 Å². The highest BCUT2D eigenvalue weighted by Gasteiger charge is 2.40. The van der Waals surface area contributed by atoms with E-state index in [-0.39, 0.29) is 94.9 Å². The van der Waals surface area contributed by atoms with Crippen LogP contribution in [0.4, 0.5) is 4.79 Å². The number of carbonyl (C=O) groups excluding carboxylic acids is 11. The SMILES string of the molecule is CNCC(=O)C[C@@H](Cc1c[nH]cn1)C(=O)N[C@@H](Cc1c[nH]c2ccccc12)C(=O)C[C@@H](CO)C(=O)N[C@@H](Cc1cnc[nH]1)C(=O)C[C@H](CCCNC(=N)N)C(=O)N[C@@H](Cc1c[nH]c2ccccc12)C(=O)C[C@@H](Cc1ccc(C(=O)c2ccccc2)cc1)C(=O)N1CCC[C@H]1C(=O)NNC(N)=O. The fourth-order valence-electron chi connectivity index (χ4n) is 12.8. The summed E-state index contributed by atoms with van der Waals surface area (Å²) in [5, 5.41) is 34.3. The Hall–Kier alpha value is -11.5. The fourth-order valence-corrected chi connectivity index (χ4v) is 12.8. The van der Waals surface area contributed by atoms with Gasteiger partial charge in [0.2, 0.25) is 23.6 Å². The van der Waals surface area contributed by atoms with E-state index >= 15 is 19.2 Å². The van der Waals surface area contributed by atoms with Gasteiger partial charge in [0.05, 0.1) is 61.5 Å². The number of Topliss-reactive ketones (excluding diaryl/α,β-unsaturated/α-hetero) is 4. The monoisotopic (exact) mass is 1380 g/mol. The maximum atomic E-state index is 15.4. The number of aromatic amines is 4. The van der Waals surface area contributed by atoms with E-state index in [2.05, 4.69) is 67.3 Å². The predicted octanol–water partition coefficient (Wildman–Crippen LogP) is 2.76. The molecule has 4 aromatic carbocycles. The van der Waals surface area contributed by atoms with Crippen molar-refractivity contribution in [1.29, 1.82) is 5.41 Å². The Morgan fingerprint density at radius 2 is 1.20 bits per heavy atom. The number of likely N-dealkylation sites (N-methyl/N-ethyl adjacent to an activating group) is 1. The van der Waals surface area contributed by atoms with Crippen LogP contribution in [-0.2, 0) is 75.3 Å². The van der Waals surface area contributed by atoms with Crippen LogP contribution in [0.5, 0.6) is 0 Å². The third-order valence-electron chi connectivity index (χ3n) is 18.1. The van der Waals surface area contributed by atoms with Crippen molar-refractivity contribution in [2.45, 2.75) is 108 Å². The maximum Gasteiger partial charge on any atom is 0.330 e. The Balaban J connectivity index is 0.981. The average Bonchev–Trinajstić information content (AvgIpc) is 1.77. The summed E-state index contributed by atoms with van der Waals surface area (Å²) in [4.78, 5) is 178. The zero-order valence-electron chi connectivity index (χ0n) is 55.9. The summed E-state index contributed by atoms with van der Waals surface area (Å²) < 4.78 is 0. The molecule has 8 aromatic rings. The predicted molar refractivity (Wildman–Crippen MR) is 373 cm³/mol. The van der Waals surface area contributed by atoms with Crippen molar-refractivity contribution >= 4 is 92.2 Å². The number of hydrogen-bond donors (Lipinski definition) is 15. The maximum absolute atomic E-state index is 15.4. The number of likely N-dealkylation sites (tertiary alicyclic amines) is 1.